The molecule has 0 spiro atoms. The fourth-order valence-corrected chi connectivity index (χ4v) is 5.05. The van der Waals surface area contributed by atoms with Crippen molar-refractivity contribution in [3.8, 4) is 5.75 Å². The van der Waals surface area contributed by atoms with E-state index in [1.807, 2.05) is 71.9 Å². The first-order valence-electron chi connectivity index (χ1n) is 15.7. The maximum absolute atomic E-state index is 12.5. The molecule has 6 nitrogen and oxygen atoms in total. The Kier molecular flexibility index (Phi) is 10.7. The van der Waals surface area contributed by atoms with Gasteiger partial charge in [-0.2, -0.15) is 0 Å². The summed E-state index contributed by atoms with van der Waals surface area (Å²) in [6.07, 6.45) is 1.41. The topological polar surface area (TPSA) is 59.1 Å². The van der Waals surface area contributed by atoms with Crippen molar-refractivity contribution in [2.24, 2.45) is 10.8 Å². The van der Waals surface area contributed by atoms with Crippen molar-refractivity contribution < 1.29 is 19.1 Å². The molecule has 0 aromatic heterocycles. The van der Waals surface area contributed by atoms with Gasteiger partial charge < -0.3 is 19.3 Å². The fraction of sp³-hybridized carbons (Fsp3) is 0.421. The molecular weight excluding hydrogens is 548 g/mol. The first kappa shape index (κ1) is 33.0. The van der Waals surface area contributed by atoms with Crippen LogP contribution in [-0.4, -0.2) is 56.7 Å². The normalized spacial score (nSPS) is 15.0. The summed E-state index contributed by atoms with van der Waals surface area (Å²) in [5, 5.41) is 0. The number of ether oxygens (including phenoxy) is 2. The average molecular weight is 597 g/mol. The molecular formula is C38H48N2O4. The van der Waals surface area contributed by atoms with E-state index in [0.29, 0.717) is 18.8 Å². The number of carbonyl (C=O) groups is 2. The van der Waals surface area contributed by atoms with Crippen LogP contribution in [0.15, 0.2) is 78.9 Å². The Bertz CT molecular complexity index is 1420. The molecule has 1 saturated heterocycles. The third-order valence-corrected chi connectivity index (χ3v) is 7.83. The summed E-state index contributed by atoms with van der Waals surface area (Å²) in [5.41, 5.74) is 5.63. The lowest BCUT2D eigenvalue weighted by atomic mass is 9.87. The standard InChI is InChI=1S/C38H48N2O4/c1-37(2,3)35(41)43-27-11-14-33(28-12-9-8-10-13-28)34(30-17-21-32(22-18-30)44-36(42)38(4,5)6)29-15-19-31(20-16-29)40-25-23-39(7)24-26-40/h8-10,12-13,15-22H,11,14,23-27H2,1-7H3/b34-33+. The molecule has 0 saturated carbocycles. The number of hydrogen-bond acceptors (Lipinski definition) is 6. The van der Waals surface area contributed by atoms with Gasteiger partial charge in [0.1, 0.15) is 5.75 Å². The van der Waals surface area contributed by atoms with Crippen LogP contribution in [0.5, 0.6) is 5.75 Å². The largest absolute Gasteiger partial charge is 0.465 e. The van der Waals surface area contributed by atoms with Crippen LogP contribution in [0, 0.1) is 10.8 Å². The second-order valence-electron chi connectivity index (χ2n) is 13.7. The molecule has 0 radical (unpaired) electrons. The molecule has 1 aliphatic heterocycles. The molecule has 4 rings (SSSR count). The minimum absolute atomic E-state index is 0.192. The molecule has 234 valence electrons. The van der Waals surface area contributed by atoms with Crippen molar-refractivity contribution in [3.63, 3.8) is 0 Å². The van der Waals surface area contributed by atoms with Crippen LogP contribution in [0.4, 0.5) is 5.69 Å². The number of rotatable bonds is 9. The van der Waals surface area contributed by atoms with E-state index in [4.69, 9.17) is 9.47 Å². The molecule has 44 heavy (non-hydrogen) atoms. The maximum atomic E-state index is 12.5. The molecule has 0 atom stereocenters. The van der Waals surface area contributed by atoms with Crippen molar-refractivity contribution in [1.82, 2.24) is 4.90 Å². The Balaban J connectivity index is 1.73. The quantitative estimate of drug-likeness (QED) is 0.109. The Labute approximate surface area is 263 Å². The van der Waals surface area contributed by atoms with Gasteiger partial charge in [0, 0.05) is 31.9 Å². The van der Waals surface area contributed by atoms with E-state index in [1.165, 1.54) is 11.3 Å². The number of likely N-dealkylation sites (N-methyl/N-ethyl adjacent to an activating group) is 1. The third kappa shape index (κ3) is 8.82. The van der Waals surface area contributed by atoms with Crippen LogP contribution >= 0.6 is 0 Å². The van der Waals surface area contributed by atoms with Crippen molar-refractivity contribution in [1.29, 1.82) is 0 Å². The number of benzene rings is 3. The summed E-state index contributed by atoms with van der Waals surface area (Å²) in [7, 11) is 2.17. The molecule has 3 aromatic carbocycles. The lowest BCUT2D eigenvalue weighted by molar-refractivity contribution is -0.153. The van der Waals surface area contributed by atoms with Gasteiger partial charge in [-0.25, -0.2) is 0 Å². The van der Waals surface area contributed by atoms with E-state index in [9.17, 15) is 9.59 Å². The molecule has 3 aromatic rings. The van der Waals surface area contributed by atoms with Gasteiger partial charge in [-0.05, 0) is 114 Å². The predicted octanol–water partition coefficient (Wildman–Crippen LogP) is 7.72. The Morgan fingerprint density at radius 1 is 0.682 bits per heavy atom. The number of anilines is 1. The van der Waals surface area contributed by atoms with Crippen molar-refractivity contribution in [2.75, 3.05) is 44.7 Å². The number of esters is 2. The average Bonchev–Trinajstić information content (AvgIpc) is 2.99. The van der Waals surface area contributed by atoms with Gasteiger partial charge in [-0.15, -0.1) is 0 Å². The van der Waals surface area contributed by atoms with Gasteiger partial charge in [0.15, 0.2) is 0 Å². The summed E-state index contributed by atoms with van der Waals surface area (Å²) in [5.74, 6) is 0.0620. The molecule has 0 N–H and O–H groups in total. The highest BCUT2D eigenvalue weighted by Crippen LogP contribution is 2.37. The van der Waals surface area contributed by atoms with Crippen molar-refractivity contribution >= 4 is 28.8 Å². The monoisotopic (exact) mass is 596 g/mol. The lowest BCUT2D eigenvalue weighted by Crippen LogP contribution is -2.44. The van der Waals surface area contributed by atoms with Gasteiger partial charge >= 0.3 is 11.9 Å². The van der Waals surface area contributed by atoms with Crippen LogP contribution in [0.2, 0.25) is 0 Å². The molecule has 6 heteroatoms. The number of piperazine rings is 1. The zero-order chi connectivity index (χ0) is 31.9. The fourth-order valence-electron chi connectivity index (χ4n) is 5.05. The Morgan fingerprint density at radius 2 is 1.23 bits per heavy atom. The predicted molar refractivity (Wildman–Crippen MR) is 180 cm³/mol. The highest BCUT2D eigenvalue weighted by atomic mass is 16.5. The lowest BCUT2D eigenvalue weighted by Gasteiger charge is -2.34. The van der Waals surface area contributed by atoms with Gasteiger partial charge in [0.2, 0.25) is 0 Å². The number of nitrogens with zero attached hydrogens (tertiary/aromatic N) is 2. The van der Waals surface area contributed by atoms with Gasteiger partial charge in [-0.1, -0.05) is 54.6 Å². The highest BCUT2D eigenvalue weighted by Gasteiger charge is 2.25. The van der Waals surface area contributed by atoms with Crippen molar-refractivity contribution in [2.45, 2.75) is 54.4 Å². The van der Waals surface area contributed by atoms with E-state index >= 15 is 0 Å². The molecule has 1 aliphatic rings. The third-order valence-electron chi connectivity index (χ3n) is 7.83. The second kappa shape index (κ2) is 14.3. The smallest absolute Gasteiger partial charge is 0.316 e. The second-order valence-corrected chi connectivity index (χ2v) is 13.7. The minimum atomic E-state index is -0.591. The Morgan fingerprint density at radius 3 is 1.77 bits per heavy atom. The van der Waals surface area contributed by atoms with Crippen LogP contribution in [0.25, 0.3) is 11.1 Å². The maximum Gasteiger partial charge on any atom is 0.316 e. The SMILES string of the molecule is CN1CCN(c2ccc(/C(=C(/CCCOC(=O)C(C)(C)C)c3ccccc3)c3ccc(OC(=O)C(C)(C)C)cc3)cc2)CC1. The minimum Gasteiger partial charge on any atom is -0.465 e. The number of carbonyl (C=O) groups excluding carboxylic acids is 2. The first-order chi connectivity index (χ1) is 20.8. The van der Waals surface area contributed by atoms with Crippen LogP contribution in [-0.2, 0) is 14.3 Å². The van der Waals surface area contributed by atoms with E-state index in [0.717, 1.165) is 54.9 Å². The van der Waals surface area contributed by atoms with E-state index in [1.54, 1.807) is 0 Å². The number of allylic oxidation sites excluding steroid dienone is 1. The van der Waals surface area contributed by atoms with Gasteiger partial charge in [0.25, 0.3) is 0 Å². The zero-order valence-electron chi connectivity index (χ0n) is 27.5. The van der Waals surface area contributed by atoms with E-state index < -0.39 is 10.8 Å². The molecule has 0 bridgehead atoms. The van der Waals surface area contributed by atoms with Gasteiger partial charge in [-0.3, -0.25) is 9.59 Å². The summed E-state index contributed by atoms with van der Waals surface area (Å²) < 4.78 is 11.3. The first-order valence-corrected chi connectivity index (χ1v) is 15.7. The van der Waals surface area contributed by atoms with Crippen LogP contribution in [0.1, 0.15) is 71.1 Å². The Hall–Kier alpha value is -3.90. The summed E-state index contributed by atoms with van der Waals surface area (Å²) in [4.78, 5) is 29.8. The van der Waals surface area contributed by atoms with Crippen LogP contribution < -0.4 is 9.64 Å². The van der Waals surface area contributed by atoms with Crippen molar-refractivity contribution in [3.05, 3.63) is 95.6 Å². The summed E-state index contributed by atoms with van der Waals surface area (Å²) in [6.45, 7) is 15.6. The molecule has 0 amide bonds. The molecule has 1 heterocycles. The summed E-state index contributed by atoms with van der Waals surface area (Å²) >= 11 is 0. The molecule has 1 fully saturated rings. The van der Waals surface area contributed by atoms with E-state index in [-0.39, 0.29) is 11.9 Å². The van der Waals surface area contributed by atoms with Crippen LogP contribution in [0.3, 0.4) is 0 Å². The number of hydrogen-bond donors (Lipinski definition) is 0. The molecule has 0 aliphatic carbocycles. The van der Waals surface area contributed by atoms with Gasteiger partial charge in [0.05, 0.1) is 17.4 Å². The summed E-state index contributed by atoms with van der Waals surface area (Å²) in [6, 6.07) is 27.0. The van der Waals surface area contributed by atoms with E-state index in [2.05, 4.69) is 65.4 Å². The molecule has 0 unspecified atom stereocenters. The highest BCUT2D eigenvalue weighted by molar-refractivity contribution is 5.99. The zero-order valence-corrected chi connectivity index (χ0v) is 27.5.